The van der Waals surface area contributed by atoms with Crippen molar-refractivity contribution in [2.75, 3.05) is 6.54 Å². The van der Waals surface area contributed by atoms with Gasteiger partial charge in [-0.05, 0) is 119 Å². The lowest BCUT2D eigenvalue weighted by Gasteiger charge is -2.45. The van der Waals surface area contributed by atoms with Gasteiger partial charge in [0.05, 0.1) is 15.9 Å². The van der Waals surface area contributed by atoms with E-state index in [-0.39, 0.29) is 22.3 Å². The van der Waals surface area contributed by atoms with Gasteiger partial charge in [0.2, 0.25) is 10.0 Å². The molecule has 3 heterocycles. The van der Waals surface area contributed by atoms with Gasteiger partial charge in [-0.3, -0.25) is 9.69 Å². The fourth-order valence-electron chi connectivity index (χ4n) is 8.64. The molecular formula is C36H43N5O3S. The van der Waals surface area contributed by atoms with Crippen LogP contribution in [0.5, 0.6) is 0 Å². The molecule has 2 bridgehead atoms. The predicted molar refractivity (Wildman–Crippen MR) is 177 cm³/mol. The number of fused-ring (bicyclic) bond motifs is 3. The van der Waals surface area contributed by atoms with E-state index in [2.05, 4.69) is 76.3 Å². The normalized spacial score (nSPS) is 27.1. The monoisotopic (exact) mass is 625 g/mol. The summed E-state index contributed by atoms with van der Waals surface area (Å²) in [5.41, 5.74) is 4.31. The van der Waals surface area contributed by atoms with Gasteiger partial charge in [-0.25, -0.2) is 18.5 Å². The Morgan fingerprint density at radius 1 is 0.889 bits per heavy atom. The Bertz CT molecular complexity index is 1760. The molecule has 1 unspecified atom stereocenters. The van der Waals surface area contributed by atoms with Gasteiger partial charge in [0, 0.05) is 29.7 Å². The molecule has 1 amide bonds. The molecule has 0 spiro atoms. The van der Waals surface area contributed by atoms with Crippen molar-refractivity contribution in [3.8, 4) is 0 Å². The van der Waals surface area contributed by atoms with Gasteiger partial charge in [0.15, 0.2) is 0 Å². The van der Waals surface area contributed by atoms with E-state index >= 15 is 0 Å². The number of piperidine rings is 1. The summed E-state index contributed by atoms with van der Waals surface area (Å²) in [7, 11) is -3.79. The number of hydrogen-bond donors (Lipinski definition) is 2. The highest BCUT2D eigenvalue weighted by molar-refractivity contribution is 7.89. The zero-order valence-electron chi connectivity index (χ0n) is 25.9. The van der Waals surface area contributed by atoms with Crippen LogP contribution in [0.15, 0.2) is 83.8 Å². The second-order valence-electron chi connectivity index (χ2n) is 13.5. The van der Waals surface area contributed by atoms with Crippen LogP contribution in [0.3, 0.4) is 0 Å². The third kappa shape index (κ3) is 5.93. The quantitative estimate of drug-likeness (QED) is 0.255. The minimum Gasteiger partial charge on any atom is -0.349 e. The lowest BCUT2D eigenvalue weighted by molar-refractivity contribution is 0.0851. The topological polar surface area (TPSA) is 110 Å². The molecule has 3 atom stereocenters. The number of carbonyl (C=O) groups is 1. The van der Waals surface area contributed by atoms with Crippen LogP contribution in [0.2, 0.25) is 0 Å². The Morgan fingerprint density at radius 3 is 2.20 bits per heavy atom. The molecule has 7 rings (SSSR count). The molecule has 45 heavy (non-hydrogen) atoms. The van der Waals surface area contributed by atoms with Crippen molar-refractivity contribution in [3.05, 3.63) is 95.8 Å². The van der Waals surface area contributed by atoms with Crippen molar-refractivity contribution in [1.29, 1.82) is 0 Å². The fourth-order valence-corrected chi connectivity index (χ4v) is 9.16. The van der Waals surface area contributed by atoms with Crippen LogP contribution in [-0.2, 0) is 15.4 Å². The number of carbonyl (C=O) groups excluding carboxylic acids is 1. The number of para-hydroxylation sites is 2. The van der Waals surface area contributed by atoms with Gasteiger partial charge in [0.1, 0.15) is 5.82 Å². The summed E-state index contributed by atoms with van der Waals surface area (Å²) in [6.45, 7) is 3.26. The Hall–Kier alpha value is -3.53. The van der Waals surface area contributed by atoms with Crippen molar-refractivity contribution < 1.29 is 13.2 Å². The number of amides is 1. The molecular weight excluding hydrogens is 582 g/mol. The number of imidazole rings is 1. The van der Waals surface area contributed by atoms with Gasteiger partial charge in [0.25, 0.3) is 5.91 Å². The minimum atomic E-state index is -3.79. The molecule has 236 valence electrons. The summed E-state index contributed by atoms with van der Waals surface area (Å²) in [6.07, 6.45) is 9.92. The molecule has 4 aromatic rings. The standard InChI is InChI=1S/C36H43N5O3S/c1-25-38-33-9-5-6-10-34(33)41(25)31-23-29-13-14-30(24-31)40(29)22-21-36(27-7-3-2-4-8-27)19-17-28(18-20-36)39-35(42)26-11-15-32(16-12-26)45(37,43)44/h2-12,15-16,28-31H,13-14,17-24H2,1H3,(H,39,42)(H2,37,43,44)/t28?,29-,30+,31?,36?. The van der Waals surface area contributed by atoms with E-state index in [0.29, 0.717) is 23.7 Å². The number of benzene rings is 3. The largest absolute Gasteiger partial charge is 0.349 e. The van der Waals surface area contributed by atoms with Crippen LogP contribution >= 0.6 is 0 Å². The second kappa shape index (κ2) is 12.0. The first-order valence-electron chi connectivity index (χ1n) is 16.4. The minimum absolute atomic E-state index is 0.00682. The number of sulfonamides is 1. The molecule has 3 aliphatic rings. The molecule has 1 saturated carbocycles. The lowest BCUT2D eigenvalue weighted by atomic mass is 9.66. The van der Waals surface area contributed by atoms with E-state index < -0.39 is 10.0 Å². The number of hydrogen-bond acceptors (Lipinski definition) is 5. The Balaban J connectivity index is 1.02. The first-order chi connectivity index (χ1) is 21.7. The first kappa shape index (κ1) is 30.1. The molecule has 2 saturated heterocycles. The number of rotatable bonds is 8. The summed E-state index contributed by atoms with van der Waals surface area (Å²) in [5, 5.41) is 8.42. The molecule has 3 fully saturated rings. The molecule has 1 aliphatic carbocycles. The summed E-state index contributed by atoms with van der Waals surface area (Å²) < 4.78 is 25.7. The molecule has 3 N–H and O–H groups in total. The van der Waals surface area contributed by atoms with E-state index in [9.17, 15) is 13.2 Å². The molecule has 9 heteroatoms. The maximum Gasteiger partial charge on any atom is 0.251 e. The smallest absolute Gasteiger partial charge is 0.251 e. The maximum absolute atomic E-state index is 13.0. The number of aryl methyl sites for hydroxylation is 1. The van der Waals surface area contributed by atoms with Gasteiger partial charge in [-0.2, -0.15) is 0 Å². The fraction of sp³-hybridized carbons (Fsp3) is 0.444. The van der Waals surface area contributed by atoms with Crippen LogP contribution in [0.4, 0.5) is 0 Å². The Labute approximate surface area is 266 Å². The van der Waals surface area contributed by atoms with E-state index in [1.165, 1.54) is 61.0 Å². The van der Waals surface area contributed by atoms with Gasteiger partial charge >= 0.3 is 0 Å². The summed E-state index contributed by atoms with van der Waals surface area (Å²) in [6, 6.07) is 27.2. The van der Waals surface area contributed by atoms with Crippen LogP contribution < -0.4 is 10.5 Å². The maximum atomic E-state index is 13.0. The molecule has 8 nitrogen and oxygen atoms in total. The summed E-state index contributed by atoms with van der Waals surface area (Å²) in [5.74, 6) is 0.954. The Morgan fingerprint density at radius 2 is 1.53 bits per heavy atom. The lowest BCUT2D eigenvalue weighted by Crippen LogP contribution is -2.47. The van der Waals surface area contributed by atoms with Crippen LogP contribution in [0.1, 0.15) is 85.6 Å². The highest BCUT2D eigenvalue weighted by Gasteiger charge is 2.44. The van der Waals surface area contributed by atoms with E-state index in [0.717, 1.165) is 50.0 Å². The molecule has 2 aliphatic heterocycles. The van der Waals surface area contributed by atoms with Crippen molar-refractivity contribution >= 4 is 27.0 Å². The SMILES string of the molecule is Cc1nc2ccccc2n1C1C[C@H]2CC[C@@H](C1)N2CCC1(c2ccccc2)CCC(NC(=O)c2ccc(S(N)(=O)=O)cc2)CC1. The van der Waals surface area contributed by atoms with Gasteiger partial charge in [-0.1, -0.05) is 42.5 Å². The zero-order chi connectivity index (χ0) is 31.2. The third-order valence-corrected chi connectivity index (χ3v) is 11.9. The van der Waals surface area contributed by atoms with Crippen molar-refractivity contribution in [2.24, 2.45) is 5.14 Å². The highest BCUT2D eigenvalue weighted by Crippen LogP contribution is 2.46. The van der Waals surface area contributed by atoms with Crippen molar-refractivity contribution in [3.63, 3.8) is 0 Å². The molecule has 0 radical (unpaired) electrons. The second-order valence-corrected chi connectivity index (χ2v) is 15.0. The third-order valence-electron chi connectivity index (χ3n) is 11.0. The molecule has 1 aromatic heterocycles. The summed E-state index contributed by atoms with van der Waals surface area (Å²) >= 11 is 0. The van der Waals surface area contributed by atoms with Crippen LogP contribution in [0, 0.1) is 6.92 Å². The van der Waals surface area contributed by atoms with E-state index in [4.69, 9.17) is 10.1 Å². The number of aromatic nitrogens is 2. The predicted octanol–water partition coefficient (Wildman–Crippen LogP) is 5.86. The van der Waals surface area contributed by atoms with Gasteiger partial charge < -0.3 is 9.88 Å². The van der Waals surface area contributed by atoms with Crippen LogP contribution in [0.25, 0.3) is 11.0 Å². The summed E-state index contributed by atoms with van der Waals surface area (Å²) in [4.78, 5) is 20.7. The van der Waals surface area contributed by atoms with Crippen molar-refractivity contribution in [2.45, 2.75) is 99.2 Å². The number of nitrogens with one attached hydrogen (secondary N) is 1. The number of primary sulfonamides is 1. The Kier molecular flexibility index (Phi) is 8.04. The van der Waals surface area contributed by atoms with E-state index in [1.807, 2.05) is 0 Å². The van der Waals surface area contributed by atoms with Gasteiger partial charge in [-0.15, -0.1) is 0 Å². The molecule has 3 aromatic carbocycles. The van der Waals surface area contributed by atoms with Crippen molar-refractivity contribution in [1.82, 2.24) is 19.8 Å². The van der Waals surface area contributed by atoms with E-state index in [1.54, 1.807) is 0 Å². The van der Waals surface area contributed by atoms with Crippen LogP contribution in [-0.4, -0.2) is 53.4 Å². The average Bonchev–Trinajstić information content (AvgIpc) is 3.51. The number of nitrogens with zero attached hydrogens (tertiary/aromatic N) is 3. The zero-order valence-corrected chi connectivity index (χ0v) is 26.8. The first-order valence-corrected chi connectivity index (χ1v) is 17.9. The average molecular weight is 626 g/mol. The number of nitrogens with two attached hydrogens (primary N) is 1. The highest BCUT2D eigenvalue weighted by atomic mass is 32.2.